The van der Waals surface area contributed by atoms with Crippen LogP contribution in [0.4, 0.5) is 8.78 Å². The lowest BCUT2D eigenvalue weighted by atomic mass is 9.74. The second kappa shape index (κ2) is 5.41. The van der Waals surface area contributed by atoms with Crippen LogP contribution in [0.1, 0.15) is 24.8 Å². The zero-order chi connectivity index (χ0) is 14.2. The summed E-state index contributed by atoms with van der Waals surface area (Å²) < 4.78 is 33.3. The third kappa shape index (κ3) is 2.47. The van der Waals surface area contributed by atoms with Crippen LogP contribution in [0.3, 0.4) is 0 Å². The summed E-state index contributed by atoms with van der Waals surface area (Å²) in [6.45, 7) is 1.50. The molecule has 1 aromatic rings. The molecule has 1 heterocycles. The average molecular weight is 281 g/mol. The van der Waals surface area contributed by atoms with E-state index >= 15 is 0 Å². The van der Waals surface area contributed by atoms with Gasteiger partial charge in [0.15, 0.2) is 11.6 Å². The van der Waals surface area contributed by atoms with Gasteiger partial charge in [-0.3, -0.25) is 0 Å². The monoisotopic (exact) mass is 281 g/mol. The highest BCUT2D eigenvalue weighted by molar-refractivity contribution is 5.22. The molecule has 1 aliphatic heterocycles. The first-order valence-electron chi connectivity index (χ1n) is 7.35. The molecule has 1 saturated carbocycles. The standard InChI is InChI=1S/C16H21F2NO/c1-19-10-16(7-8-20-15(16)11-5-6-11)9-12-3-2-4-13(17)14(12)18/h2-4,11,15,19H,5-10H2,1H3. The van der Waals surface area contributed by atoms with E-state index in [-0.39, 0.29) is 11.5 Å². The van der Waals surface area contributed by atoms with Crippen LogP contribution in [0, 0.1) is 23.0 Å². The summed E-state index contributed by atoms with van der Waals surface area (Å²) in [5, 5.41) is 3.22. The van der Waals surface area contributed by atoms with E-state index in [4.69, 9.17) is 4.74 Å². The Kier molecular flexibility index (Phi) is 3.78. The highest BCUT2D eigenvalue weighted by Crippen LogP contribution is 2.49. The van der Waals surface area contributed by atoms with Crippen LogP contribution in [0.15, 0.2) is 18.2 Å². The van der Waals surface area contributed by atoms with Gasteiger partial charge in [-0.15, -0.1) is 0 Å². The van der Waals surface area contributed by atoms with E-state index < -0.39 is 11.6 Å². The Hall–Kier alpha value is -1.00. The molecular formula is C16H21F2NO. The molecule has 0 aromatic heterocycles. The van der Waals surface area contributed by atoms with Gasteiger partial charge >= 0.3 is 0 Å². The summed E-state index contributed by atoms with van der Waals surface area (Å²) in [6.07, 6.45) is 4.02. The minimum atomic E-state index is -0.760. The van der Waals surface area contributed by atoms with Gasteiger partial charge < -0.3 is 10.1 Å². The van der Waals surface area contributed by atoms with Crippen LogP contribution in [0.25, 0.3) is 0 Å². The Morgan fingerprint density at radius 3 is 2.85 bits per heavy atom. The molecule has 2 nitrogen and oxygen atoms in total. The quantitative estimate of drug-likeness (QED) is 0.896. The number of benzene rings is 1. The number of halogens is 2. The molecule has 2 atom stereocenters. The second-order valence-electron chi connectivity index (χ2n) is 6.16. The van der Waals surface area contributed by atoms with Gasteiger partial charge in [0.2, 0.25) is 0 Å². The van der Waals surface area contributed by atoms with Crippen molar-refractivity contribution in [1.82, 2.24) is 5.32 Å². The molecule has 1 aromatic carbocycles. The third-order valence-corrected chi connectivity index (χ3v) is 4.65. The summed E-state index contributed by atoms with van der Waals surface area (Å²) in [7, 11) is 1.91. The molecule has 0 bridgehead atoms. The van der Waals surface area contributed by atoms with Gasteiger partial charge in [0.1, 0.15) is 0 Å². The lowest BCUT2D eigenvalue weighted by Gasteiger charge is -2.34. The fourth-order valence-corrected chi connectivity index (χ4v) is 3.60. The maximum Gasteiger partial charge on any atom is 0.162 e. The molecular weight excluding hydrogens is 260 g/mol. The molecule has 0 radical (unpaired) electrons. The van der Waals surface area contributed by atoms with Crippen molar-refractivity contribution in [2.45, 2.75) is 31.8 Å². The first kappa shape index (κ1) is 14.0. The number of hydrogen-bond acceptors (Lipinski definition) is 2. The number of ether oxygens (including phenoxy) is 1. The van der Waals surface area contributed by atoms with Gasteiger partial charge in [0.25, 0.3) is 0 Å². The Balaban J connectivity index is 1.88. The van der Waals surface area contributed by atoms with Gasteiger partial charge in [-0.25, -0.2) is 8.78 Å². The highest BCUT2D eigenvalue weighted by Gasteiger charge is 2.50. The van der Waals surface area contributed by atoms with Crippen LogP contribution < -0.4 is 5.32 Å². The van der Waals surface area contributed by atoms with Crippen molar-refractivity contribution in [3.63, 3.8) is 0 Å². The molecule has 1 saturated heterocycles. The zero-order valence-electron chi connectivity index (χ0n) is 11.8. The van der Waals surface area contributed by atoms with Gasteiger partial charge in [-0.2, -0.15) is 0 Å². The molecule has 2 unspecified atom stereocenters. The molecule has 3 rings (SSSR count). The number of hydrogen-bond donors (Lipinski definition) is 1. The first-order chi connectivity index (χ1) is 9.66. The van der Waals surface area contributed by atoms with Crippen molar-refractivity contribution in [1.29, 1.82) is 0 Å². The summed E-state index contributed by atoms with van der Waals surface area (Å²) in [5.74, 6) is -0.865. The molecule has 0 amide bonds. The molecule has 20 heavy (non-hydrogen) atoms. The van der Waals surface area contributed by atoms with Crippen LogP contribution >= 0.6 is 0 Å². The maximum atomic E-state index is 14.0. The molecule has 110 valence electrons. The van der Waals surface area contributed by atoms with Crippen molar-refractivity contribution in [3.05, 3.63) is 35.4 Å². The molecule has 1 aliphatic carbocycles. The van der Waals surface area contributed by atoms with E-state index in [1.807, 2.05) is 7.05 Å². The molecule has 4 heteroatoms. The fraction of sp³-hybridized carbons (Fsp3) is 0.625. The molecule has 2 aliphatic rings. The van der Waals surface area contributed by atoms with Crippen molar-refractivity contribution in [2.24, 2.45) is 11.3 Å². The van der Waals surface area contributed by atoms with Crippen molar-refractivity contribution in [2.75, 3.05) is 20.2 Å². The van der Waals surface area contributed by atoms with Crippen LogP contribution in [0.2, 0.25) is 0 Å². The van der Waals surface area contributed by atoms with E-state index in [9.17, 15) is 8.78 Å². The number of nitrogens with one attached hydrogen (secondary N) is 1. The fourth-order valence-electron chi connectivity index (χ4n) is 3.60. The summed E-state index contributed by atoms with van der Waals surface area (Å²) in [6, 6.07) is 4.45. The maximum absolute atomic E-state index is 14.0. The molecule has 0 spiro atoms. The Bertz CT molecular complexity index is 489. The second-order valence-corrected chi connectivity index (χ2v) is 6.16. The van der Waals surface area contributed by atoms with Crippen molar-refractivity contribution >= 4 is 0 Å². The van der Waals surface area contributed by atoms with Gasteiger partial charge in [0, 0.05) is 18.6 Å². The van der Waals surface area contributed by atoms with Crippen LogP contribution in [0.5, 0.6) is 0 Å². The minimum Gasteiger partial charge on any atom is -0.377 e. The highest BCUT2D eigenvalue weighted by atomic mass is 19.2. The summed E-state index contributed by atoms with van der Waals surface area (Å²) in [5.41, 5.74) is 0.362. The third-order valence-electron chi connectivity index (χ3n) is 4.65. The minimum absolute atomic E-state index is 0.107. The summed E-state index contributed by atoms with van der Waals surface area (Å²) >= 11 is 0. The Labute approximate surface area is 118 Å². The Morgan fingerprint density at radius 1 is 1.35 bits per heavy atom. The van der Waals surface area contributed by atoms with Crippen LogP contribution in [-0.2, 0) is 11.2 Å². The lowest BCUT2D eigenvalue weighted by Crippen LogP contribution is -2.42. The smallest absolute Gasteiger partial charge is 0.162 e. The van der Waals surface area contributed by atoms with E-state index in [1.54, 1.807) is 12.1 Å². The zero-order valence-corrected chi connectivity index (χ0v) is 11.8. The van der Waals surface area contributed by atoms with Gasteiger partial charge in [0.05, 0.1) is 6.10 Å². The molecule has 2 fully saturated rings. The predicted octanol–water partition coefficient (Wildman–Crippen LogP) is 2.91. The van der Waals surface area contributed by atoms with E-state index in [0.717, 1.165) is 19.6 Å². The average Bonchev–Trinajstić information content (AvgIpc) is 3.18. The summed E-state index contributed by atoms with van der Waals surface area (Å²) in [4.78, 5) is 0. The largest absolute Gasteiger partial charge is 0.377 e. The van der Waals surface area contributed by atoms with Gasteiger partial charge in [-0.1, -0.05) is 12.1 Å². The predicted molar refractivity (Wildman–Crippen MR) is 73.5 cm³/mol. The molecule has 1 N–H and O–H groups in total. The van der Waals surface area contributed by atoms with Crippen molar-refractivity contribution < 1.29 is 13.5 Å². The first-order valence-corrected chi connectivity index (χ1v) is 7.35. The topological polar surface area (TPSA) is 21.3 Å². The van der Waals surface area contributed by atoms with Crippen LogP contribution in [-0.4, -0.2) is 26.3 Å². The van der Waals surface area contributed by atoms with Gasteiger partial charge in [-0.05, 0) is 50.3 Å². The Morgan fingerprint density at radius 2 is 2.15 bits per heavy atom. The van der Waals surface area contributed by atoms with E-state index in [0.29, 0.717) is 17.9 Å². The van der Waals surface area contributed by atoms with E-state index in [1.165, 1.54) is 18.9 Å². The SMILES string of the molecule is CNCC1(Cc2cccc(F)c2F)CCOC1C1CC1. The van der Waals surface area contributed by atoms with E-state index in [2.05, 4.69) is 5.32 Å². The van der Waals surface area contributed by atoms with Crippen molar-refractivity contribution in [3.8, 4) is 0 Å². The number of rotatable bonds is 5. The normalized spacial score (nSPS) is 29.9. The lowest BCUT2D eigenvalue weighted by molar-refractivity contribution is 0.0310.